The number of hydrogen-bond acceptors (Lipinski definition) is 9. The first kappa shape index (κ1) is 24.9. The first-order valence-electron chi connectivity index (χ1n) is 13.8. The highest BCUT2D eigenvalue weighted by Crippen LogP contribution is 2.32. The van der Waals surface area contributed by atoms with Crippen molar-refractivity contribution >= 4 is 34.3 Å². The van der Waals surface area contributed by atoms with Crippen LogP contribution in [0.3, 0.4) is 0 Å². The normalized spacial score (nSPS) is 20.9. The molecule has 5 heterocycles. The van der Waals surface area contributed by atoms with E-state index in [-0.39, 0.29) is 22.9 Å². The van der Waals surface area contributed by atoms with Gasteiger partial charge in [-0.15, -0.1) is 0 Å². The van der Waals surface area contributed by atoms with Gasteiger partial charge in [0, 0.05) is 56.4 Å². The molecule has 0 aromatic carbocycles. The van der Waals surface area contributed by atoms with Crippen LogP contribution in [0.4, 0.5) is 17.5 Å². The lowest BCUT2D eigenvalue weighted by Gasteiger charge is -2.38. The zero-order valence-corrected chi connectivity index (χ0v) is 22.2. The van der Waals surface area contributed by atoms with Crippen LogP contribution in [0.25, 0.3) is 11.0 Å². The van der Waals surface area contributed by atoms with Crippen molar-refractivity contribution in [1.29, 1.82) is 0 Å². The van der Waals surface area contributed by atoms with Crippen LogP contribution in [0.1, 0.15) is 61.0 Å². The molecule has 0 radical (unpaired) electrons. The largest absolute Gasteiger partial charge is 0.368 e. The smallest absolute Gasteiger partial charge is 0.263 e. The van der Waals surface area contributed by atoms with Gasteiger partial charge in [-0.05, 0) is 57.4 Å². The third-order valence-electron chi connectivity index (χ3n) is 8.47. The van der Waals surface area contributed by atoms with Gasteiger partial charge in [0.2, 0.25) is 5.95 Å². The molecule has 0 bridgehead atoms. The Labute approximate surface area is 222 Å². The van der Waals surface area contributed by atoms with Crippen molar-refractivity contribution in [2.75, 3.05) is 49.5 Å². The van der Waals surface area contributed by atoms with Gasteiger partial charge < -0.3 is 15.5 Å². The van der Waals surface area contributed by atoms with Crippen LogP contribution in [-0.4, -0.2) is 75.5 Å². The molecule has 2 aliphatic heterocycles. The summed E-state index contributed by atoms with van der Waals surface area (Å²) in [6, 6.07) is 4.76. The fourth-order valence-electron chi connectivity index (χ4n) is 6.37. The Morgan fingerprint density at radius 3 is 2.47 bits per heavy atom. The Balaban J connectivity index is 1.22. The average Bonchev–Trinajstić information content (AvgIpc) is 3.65. The van der Waals surface area contributed by atoms with Gasteiger partial charge in [0.25, 0.3) is 5.56 Å². The number of aryl methyl sites for hydroxylation is 1. The number of ketones is 1. The lowest BCUT2D eigenvalue weighted by molar-refractivity contribution is 0.101. The molecule has 1 saturated carbocycles. The SMILES string of the molecule is CC(=O)c1c(C)c2cnc(Nc3ccc(N4CCN(C5CCNC5)CC4)cn3)nc2n(C2CCCC2)c1=O. The van der Waals surface area contributed by atoms with Crippen LogP contribution in [0, 0.1) is 6.92 Å². The number of anilines is 3. The molecule has 1 unspecified atom stereocenters. The maximum absolute atomic E-state index is 13.4. The van der Waals surface area contributed by atoms with Crippen LogP contribution in [0.5, 0.6) is 0 Å². The molecule has 10 heteroatoms. The van der Waals surface area contributed by atoms with E-state index in [1.807, 2.05) is 12.3 Å². The minimum Gasteiger partial charge on any atom is -0.368 e. The molecule has 1 aliphatic carbocycles. The van der Waals surface area contributed by atoms with Crippen molar-refractivity contribution < 1.29 is 4.79 Å². The zero-order valence-electron chi connectivity index (χ0n) is 22.2. The molecule has 2 N–H and O–H groups in total. The van der Waals surface area contributed by atoms with Gasteiger partial charge in [-0.2, -0.15) is 4.98 Å². The molecule has 38 heavy (non-hydrogen) atoms. The first-order chi connectivity index (χ1) is 18.5. The fraction of sp³-hybridized carbons (Fsp3) is 0.536. The van der Waals surface area contributed by atoms with Crippen LogP contribution in [0.15, 0.2) is 29.3 Å². The molecule has 0 spiro atoms. The summed E-state index contributed by atoms with van der Waals surface area (Å²) in [6.45, 7) is 9.64. The third kappa shape index (κ3) is 4.67. The van der Waals surface area contributed by atoms with Gasteiger partial charge >= 0.3 is 0 Å². The number of piperazine rings is 1. The highest BCUT2D eigenvalue weighted by molar-refractivity contribution is 5.99. The monoisotopic (exact) mass is 516 g/mol. The quantitative estimate of drug-likeness (QED) is 0.478. The maximum Gasteiger partial charge on any atom is 0.263 e. The molecule has 2 saturated heterocycles. The average molecular weight is 517 g/mol. The van der Waals surface area contributed by atoms with E-state index in [1.165, 1.54) is 13.3 Å². The van der Waals surface area contributed by atoms with Crippen molar-refractivity contribution in [2.45, 2.75) is 58.0 Å². The summed E-state index contributed by atoms with van der Waals surface area (Å²) in [5.41, 5.74) is 2.33. The number of carbonyl (C=O) groups is 1. The molecular formula is C28H36N8O2. The highest BCUT2D eigenvalue weighted by atomic mass is 16.1. The van der Waals surface area contributed by atoms with Crippen molar-refractivity contribution in [3.05, 3.63) is 46.0 Å². The van der Waals surface area contributed by atoms with Crippen LogP contribution < -0.4 is 21.1 Å². The topological polar surface area (TPSA) is 108 Å². The van der Waals surface area contributed by atoms with Crippen LogP contribution in [0.2, 0.25) is 0 Å². The number of aromatic nitrogens is 4. The van der Waals surface area contributed by atoms with Crippen molar-refractivity contribution in [2.24, 2.45) is 0 Å². The van der Waals surface area contributed by atoms with Gasteiger partial charge in [0.1, 0.15) is 11.5 Å². The molecule has 3 fully saturated rings. The number of Topliss-reactive ketones (excluding diaryl/α,β-unsaturated/α-hetero) is 1. The number of pyridine rings is 2. The Morgan fingerprint density at radius 2 is 1.82 bits per heavy atom. The number of nitrogens with one attached hydrogen (secondary N) is 2. The number of rotatable bonds is 6. The summed E-state index contributed by atoms with van der Waals surface area (Å²) in [5, 5.41) is 7.42. The third-order valence-corrected chi connectivity index (χ3v) is 8.47. The molecule has 10 nitrogen and oxygen atoms in total. The standard InChI is InChI=1S/C28H36N8O2/c1-18-23-17-31-28(33-26(23)36(20-5-3-4-6-20)27(38)25(18)19(2)37)32-24-8-7-21(16-30-24)34-11-13-35(14-12-34)22-9-10-29-15-22/h7-8,16-17,20,22,29H,3-6,9-15H2,1-2H3,(H,30,31,32,33). The second kappa shape index (κ2) is 10.4. The number of hydrogen-bond donors (Lipinski definition) is 2. The van der Waals surface area contributed by atoms with Crippen molar-refractivity contribution in [1.82, 2.24) is 29.7 Å². The number of fused-ring (bicyclic) bond motifs is 1. The van der Waals surface area contributed by atoms with Crippen LogP contribution in [-0.2, 0) is 0 Å². The molecule has 200 valence electrons. The molecule has 3 aromatic heterocycles. The van der Waals surface area contributed by atoms with Crippen LogP contribution >= 0.6 is 0 Å². The highest BCUT2D eigenvalue weighted by Gasteiger charge is 2.27. The Kier molecular flexibility index (Phi) is 6.84. The molecule has 6 rings (SSSR count). The second-order valence-corrected chi connectivity index (χ2v) is 10.8. The first-order valence-corrected chi connectivity index (χ1v) is 13.8. The molecular weight excluding hydrogens is 480 g/mol. The summed E-state index contributed by atoms with van der Waals surface area (Å²) in [4.78, 5) is 44.7. The summed E-state index contributed by atoms with van der Waals surface area (Å²) < 4.78 is 1.73. The van der Waals surface area contributed by atoms with Crippen molar-refractivity contribution in [3.8, 4) is 0 Å². The summed E-state index contributed by atoms with van der Waals surface area (Å²) >= 11 is 0. The fourth-order valence-corrected chi connectivity index (χ4v) is 6.37. The van der Waals surface area contributed by atoms with E-state index in [0.29, 0.717) is 29.0 Å². The summed E-state index contributed by atoms with van der Waals surface area (Å²) in [7, 11) is 0. The second-order valence-electron chi connectivity index (χ2n) is 10.8. The van der Waals surface area contributed by atoms with Gasteiger partial charge in [-0.1, -0.05) is 12.8 Å². The maximum atomic E-state index is 13.4. The van der Waals surface area contributed by atoms with E-state index in [4.69, 9.17) is 4.98 Å². The van der Waals surface area contributed by atoms with E-state index in [9.17, 15) is 9.59 Å². The predicted octanol–water partition coefficient (Wildman–Crippen LogP) is 3.04. The van der Waals surface area contributed by atoms with E-state index in [0.717, 1.165) is 76.0 Å². The molecule has 3 aromatic rings. The zero-order chi connectivity index (χ0) is 26.2. The Bertz CT molecular complexity index is 1380. The molecule has 1 atom stereocenters. The van der Waals surface area contributed by atoms with E-state index in [2.05, 4.69) is 36.5 Å². The van der Waals surface area contributed by atoms with E-state index < -0.39 is 0 Å². The van der Waals surface area contributed by atoms with E-state index >= 15 is 0 Å². The minimum absolute atomic E-state index is 0.0502. The molecule has 0 amide bonds. The Hall–Kier alpha value is -3.37. The minimum atomic E-state index is -0.245. The lowest BCUT2D eigenvalue weighted by Crippen LogP contribution is -2.51. The van der Waals surface area contributed by atoms with E-state index in [1.54, 1.807) is 17.7 Å². The molecule has 3 aliphatic rings. The number of carbonyl (C=O) groups excluding carboxylic acids is 1. The summed E-state index contributed by atoms with van der Waals surface area (Å²) in [6.07, 6.45) is 8.82. The number of nitrogens with zero attached hydrogens (tertiary/aromatic N) is 6. The van der Waals surface area contributed by atoms with Crippen molar-refractivity contribution in [3.63, 3.8) is 0 Å². The Morgan fingerprint density at radius 1 is 1.03 bits per heavy atom. The predicted molar refractivity (Wildman–Crippen MR) is 149 cm³/mol. The summed E-state index contributed by atoms with van der Waals surface area (Å²) in [5.74, 6) is 0.817. The van der Waals surface area contributed by atoms with Gasteiger partial charge in [-0.25, -0.2) is 9.97 Å². The van der Waals surface area contributed by atoms with Gasteiger partial charge in [0.15, 0.2) is 5.78 Å². The lowest BCUT2D eigenvalue weighted by atomic mass is 10.0. The van der Waals surface area contributed by atoms with Gasteiger partial charge in [0.05, 0.1) is 17.4 Å². The van der Waals surface area contributed by atoms with Gasteiger partial charge in [-0.3, -0.25) is 19.1 Å².